The Labute approximate surface area is 158 Å². The van der Waals surface area contributed by atoms with Crippen LogP contribution >= 0.6 is 11.8 Å². The van der Waals surface area contributed by atoms with Gasteiger partial charge in [0, 0.05) is 5.56 Å². The molecule has 1 amide bonds. The minimum Gasteiger partial charge on any atom is -0.454 e. The van der Waals surface area contributed by atoms with Crippen LogP contribution in [0.2, 0.25) is 0 Å². The fraction of sp³-hybridized carbons (Fsp3) is 0.111. The highest BCUT2D eigenvalue weighted by molar-refractivity contribution is 7.99. The zero-order valence-corrected chi connectivity index (χ0v) is 14.7. The Hall–Kier alpha value is -3.51. The van der Waals surface area contributed by atoms with Crippen molar-refractivity contribution in [2.45, 2.75) is 5.22 Å². The zero-order valence-electron chi connectivity index (χ0n) is 13.8. The molecule has 1 N–H and O–H groups in total. The summed E-state index contributed by atoms with van der Waals surface area (Å²) in [7, 11) is 0. The number of fused-ring (bicyclic) bond motifs is 1. The maximum absolute atomic E-state index is 12.1. The molecule has 2 aromatic carbocycles. The number of carbonyl (C=O) groups is 1. The molecule has 3 aromatic rings. The Balaban J connectivity index is 1.38. The van der Waals surface area contributed by atoms with E-state index in [0.29, 0.717) is 34.2 Å². The van der Waals surface area contributed by atoms with Crippen molar-refractivity contribution in [1.29, 1.82) is 5.26 Å². The summed E-state index contributed by atoms with van der Waals surface area (Å²) in [5.74, 6) is 1.41. The first-order valence-corrected chi connectivity index (χ1v) is 8.87. The Morgan fingerprint density at radius 2 is 2.04 bits per heavy atom. The minimum absolute atomic E-state index is 0.0720. The Kier molecular flexibility index (Phi) is 4.63. The Morgan fingerprint density at radius 1 is 1.19 bits per heavy atom. The molecule has 27 heavy (non-hydrogen) atoms. The van der Waals surface area contributed by atoms with Crippen LogP contribution in [0.3, 0.4) is 0 Å². The van der Waals surface area contributed by atoms with Crippen LogP contribution in [-0.4, -0.2) is 28.7 Å². The molecule has 2 heterocycles. The molecule has 1 aliphatic rings. The Morgan fingerprint density at radius 3 is 2.93 bits per heavy atom. The topological polar surface area (TPSA) is 110 Å². The highest BCUT2D eigenvalue weighted by Gasteiger charge is 2.17. The molecule has 4 rings (SSSR count). The maximum atomic E-state index is 12.1. The van der Waals surface area contributed by atoms with Crippen LogP contribution in [0.4, 0.5) is 5.69 Å². The molecule has 1 aromatic heterocycles. The Bertz CT molecular complexity index is 1040. The van der Waals surface area contributed by atoms with E-state index in [1.54, 1.807) is 42.5 Å². The SMILES string of the molecule is N#Cc1ccccc1NC(=O)CSc1nnc(-c2ccc3c(c2)OCO3)o1. The van der Waals surface area contributed by atoms with Crippen molar-refractivity contribution in [3.63, 3.8) is 0 Å². The number of ether oxygens (including phenoxy) is 2. The van der Waals surface area contributed by atoms with Gasteiger partial charge in [0.25, 0.3) is 5.22 Å². The average molecular weight is 380 g/mol. The molecule has 0 aliphatic carbocycles. The van der Waals surface area contributed by atoms with E-state index >= 15 is 0 Å². The number of nitriles is 1. The third-order valence-corrected chi connectivity index (χ3v) is 4.49. The number of thioether (sulfide) groups is 1. The van der Waals surface area contributed by atoms with Crippen LogP contribution in [0.5, 0.6) is 11.5 Å². The van der Waals surface area contributed by atoms with E-state index in [-0.39, 0.29) is 23.7 Å². The number of carbonyl (C=O) groups excluding carboxylic acids is 1. The lowest BCUT2D eigenvalue weighted by molar-refractivity contribution is -0.113. The van der Waals surface area contributed by atoms with Gasteiger partial charge in [0.05, 0.1) is 17.0 Å². The first-order valence-electron chi connectivity index (χ1n) is 7.88. The third kappa shape index (κ3) is 3.70. The van der Waals surface area contributed by atoms with Crippen LogP contribution in [0, 0.1) is 11.3 Å². The molecule has 0 bridgehead atoms. The van der Waals surface area contributed by atoms with E-state index in [4.69, 9.17) is 19.2 Å². The van der Waals surface area contributed by atoms with E-state index in [9.17, 15) is 4.79 Å². The van der Waals surface area contributed by atoms with Gasteiger partial charge in [0.15, 0.2) is 11.5 Å². The lowest BCUT2D eigenvalue weighted by atomic mass is 10.2. The fourth-order valence-corrected chi connectivity index (χ4v) is 2.98. The van der Waals surface area contributed by atoms with Crippen molar-refractivity contribution in [3.8, 4) is 29.0 Å². The molecule has 1 aliphatic heterocycles. The van der Waals surface area contributed by atoms with Crippen LogP contribution < -0.4 is 14.8 Å². The van der Waals surface area contributed by atoms with Gasteiger partial charge in [-0.05, 0) is 30.3 Å². The van der Waals surface area contributed by atoms with Crippen LogP contribution in [0.1, 0.15) is 5.56 Å². The van der Waals surface area contributed by atoms with Gasteiger partial charge in [-0.25, -0.2) is 0 Å². The summed E-state index contributed by atoms with van der Waals surface area (Å²) in [5.41, 5.74) is 1.57. The molecule has 0 saturated carbocycles. The van der Waals surface area contributed by atoms with Crippen molar-refractivity contribution in [1.82, 2.24) is 10.2 Å². The molecular weight excluding hydrogens is 368 g/mol. The number of hydrogen-bond donors (Lipinski definition) is 1. The number of amides is 1. The number of anilines is 1. The number of para-hydroxylation sites is 1. The molecule has 0 fully saturated rings. The van der Waals surface area contributed by atoms with E-state index in [0.717, 1.165) is 11.8 Å². The fourth-order valence-electron chi connectivity index (χ4n) is 2.42. The molecular formula is C18H12N4O4S. The third-order valence-electron chi connectivity index (χ3n) is 3.67. The molecule has 134 valence electrons. The predicted octanol–water partition coefficient (Wildman–Crippen LogP) is 3.07. The van der Waals surface area contributed by atoms with Gasteiger partial charge in [-0.3, -0.25) is 4.79 Å². The lowest BCUT2D eigenvalue weighted by Gasteiger charge is -2.05. The molecule has 0 radical (unpaired) electrons. The van der Waals surface area contributed by atoms with Gasteiger partial charge in [-0.15, -0.1) is 10.2 Å². The standard InChI is InChI=1S/C18H12N4O4S/c19-8-12-3-1-2-4-13(12)20-16(23)9-27-18-22-21-17(26-18)11-5-6-14-15(7-11)25-10-24-14/h1-7H,9-10H2,(H,20,23). The van der Waals surface area contributed by atoms with Gasteiger partial charge in [0.2, 0.25) is 18.6 Å². The number of nitrogens with one attached hydrogen (secondary N) is 1. The summed E-state index contributed by atoms with van der Waals surface area (Å²) in [6.07, 6.45) is 0. The highest BCUT2D eigenvalue weighted by Crippen LogP contribution is 2.36. The van der Waals surface area contributed by atoms with Crippen LogP contribution in [0.15, 0.2) is 52.1 Å². The number of benzene rings is 2. The number of nitrogens with zero attached hydrogens (tertiary/aromatic N) is 3. The second kappa shape index (κ2) is 7.39. The van der Waals surface area contributed by atoms with Crippen molar-refractivity contribution < 1.29 is 18.7 Å². The van der Waals surface area contributed by atoms with E-state index in [2.05, 4.69) is 15.5 Å². The first-order chi connectivity index (χ1) is 13.2. The highest BCUT2D eigenvalue weighted by atomic mass is 32.2. The number of hydrogen-bond acceptors (Lipinski definition) is 8. The van der Waals surface area contributed by atoms with Crippen molar-refractivity contribution in [3.05, 3.63) is 48.0 Å². The number of aromatic nitrogens is 2. The molecule has 0 atom stereocenters. The minimum atomic E-state index is -0.273. The van der Waals surface area contributed by atoms with Gasteiger partial charge in [0.1, 0.15) is 6.07 Å². The average Bonchev–Trinajstić information content (AvgIpc) is 3.35. The second-order valence-corrected chi connectivity index (χ2v) is 6.36. The van der Waals surface area contributed by atoms with E-state index < -0.39 is 0 Å². The summed E-state index contributed by atoms with van der Waals surface area (Å²) in [6.45, 7) is 0.188. The van der Waals surface area contributed by atoms with Crippen LogP contribution in [-0.2, 0) is 4.79 Å². The molecule has 9 heteroatoms. The predicted molar refractivity (Wildman–Crippen MR) is 96.4 cm³/mol. The van der Waals surface area contributed by atoms with Gasteiger partial charge >= 0.3 is 0 Å². The van der Waals surface area contributed by atoms with E-state index in [1.807, 2.05) is 6.07 Å². The second-order valence-electron chi connectivity index (χ2n) is 5.44. The van der Waals surface area contributed by atoms with Crippen molar-refractivity contribution in [2.75, 3.05) is 17.9 Å². The van der Waals surface area contributed by atoms with E-state index in [1.165, 1.54) is 0 Å². The quantitative estimate of drug-likeness (QED) is 0.673. The largest absolute Gasteiger partial charge is 0.454 e. The van der Waals surface area contributed by atoms with Crippen molar-refractivity contribution >= 4 is 23.4 Å². The smallest absolute Gasteiger partial charge is 0.277 e. The van der Waals surface area contributed by atoms with Gasteiger partial charge in [-0.1, -0.05) is 23.9 Å². The van der Waals surface area contributed by atoms with Crippen molar-refractivity contribution in [2.24, 2.45) is 0 Å². The van der Waals surface area contributed by atoms with Crippen LogP contribution in [0.25, 0.3) is 11.5 Å². The normalized spacial score (nSPS) is 11.8. The lowest BCUT2D eigenvalue weighted by Crippen LogP contribution is -2.14. The molecule has 8 nitrogen and oxygen atoms in total. The van der Waals surface area contributed by atoms with Gasteiger partial charge in [-0.2, -0.15) is 5.26 Å². The summed E-state index contributed by atoms with van der Waals surface area (Å²) < 4.78 is 16.2. The monoisotopic (exact) mass is 380 g/mol. The van der Waals surface area contributed by atoms with Gasteiger partial charge < -0.3 is 19.2 Å². The summed E-state index contributed by atoms with van der Waals surface area (Å²) in [6, 6.07) is 14.2. The molecule has 0 saturated heterocycles. The molecule has 0 unspecified atom stereocenters. The molecule has 0 spiro atoms. The summed E-state index contributed by atoms with van der Waals surface area (Å²) in [5, 5.41) is 20.0. The zero-order chi connectivity index (χ0) is 18.6. The summed E-state index contributed by atoms with van der Waals surface area (Å²) >= 11 is 1.11. The first kappa shape index (κ1) is 16.9. The number of rotatable bonds is 5. The summed E-state index contributed by atoms with van der Waals surface area (Å²) in [4.78, 5) is 12.1. The maximum Gasteiger partial charge on any atom is 0.277 e.